The Balaban J connectivity index is 2.12. The molecule has 0 radical (unpaired) electrons. The molecule has 126 valence electrons. The van der Waals surface area contributed by atoms with Crippen molar-refractivity contribution in [2.24, 2.45) is 5.73 Å². The van der Waals surface area contributed by atoms with Gasteiger partial charge in [0, 0.05) is 23.7 Å². The summed E-state index contributed by atoms with van der Waals surface area (Å²) in [5, 5.41) is 23.5. The number of nitrogens with one attached hydrogen (secondary N) is 1. The Morgan fingerprint density at radius 3 is 2.52 bits per heavy atom. The summed E-state index contributed by atoms with van der Waals surface area (Å²) in [4.78, 5) is 22.2. The molecule has 7 nitrogen and oxygen atoms in total. The SMILES string of the molecule is NC1=C(C(=O)O)C(c2cccc([N+](=O)[O-])c2)C=C(c2ccccc2)N1. The van der Waals surface area contributed by atoms with Gasteiger partial charge in [0.25, 0.3) is 5.69 Å². The summed E-state index contributed by atoms with van der Waals surface area (Å²) in [5.74, 6) is -1.86. The van der Waals surface area contributed by atoms with E-state index in [1.165, 1.54) is 18.2 Å². The Morgan fingerprint density at radius 1 is 1.16 bits per heavy atom. The standard InChI is InChI=1S/C18H15N3O4/c19-17-16(18(22)23)14(12-7-4-8-13(9-12)21(24)25)10-15(20-17)11-5-2-1-3-6-11/h1-10,14,20H,19H2,(H,22,23). The third kappa shape index (κ3) is 3.20. The number of carbonyl (C=O) groups is 1. The summed E-state index contributed by atoms with van der Waals surface area (Å²) >= 11 is 0. The fraction of sp³-hybridized carbons (Fsp3) is 0.0556. The number of hydrogen-bond acceptors (Lipinski definition) is 5. The molecule has 0 aliphatic carbocycles. The number of rotatable bonds is 4. The van der Waals surface area contributed by atoms with Crippen LogP contribution in [-0.4, -0.2) is 16.0 Å². The summed E-state index contributed by atoms with van der Waals surface area (Å²) < 4.78 is 0. The molecular weight excluding hydrogens is 322 g/mol. The lowest BCUT2D eigenvalue weighted by molar-refractivity contribution is -0.384. The van der Waals surface area contributed by atoms with Gasteiger partial charge >= 0.3 is 5.97 Å². The molecule has 0 saturated carbocycles. The third-order valence-electron chi connectivity index (χ3n) is 3.96. The summed E-state index contributed by atoms with van der Waals surface area (Å²) in [6, 6.07) is 15.2. The third-order valence-corrected chi connectivity index (χ3v) is 3.96. The van der Waals surface area contributed by atoms with Crippen LogP contribution in [0.5, 0.6) is 0 Å². The normalized spacial score (nSPS) is 16.8. The molecule has 1 aliphatic rings. The number of carboxylic acid groups (broad SMARTS) is 1. The van der Waals surface area contributed by atoms with Gasteiger partial charge in [-0.1, -0.05) is 42.5 Å². The molecule has 25 heavy (non-hydrogen) atoms. The minimum absolute atomic E-state index is 0.0189. The largest absolute Gasteiger partial charge is 0.478 e. The first-order valence-corrected chi connectivity index (χ1v) is 7.49. The van der Waals surface area contributed by atoms with Gasteiger partial charge in [0.15, 0.2) is 0 Å². The van der Waals surface area contributed by atoms with Crippen molar-refractivity contribution in [3.05, 3.63) is 93.3 Å². The van der Waals surface area contributed by atoms with Crippen molar-refractivity contribution in [1.29, 1.82) is 0 Å². The smallest absolute Gasteiger partial charge is 0.336 e. The van der Waals surface area contributed by atoms with Crippen LogP contribution < -0.4 is 11.1 Å². The van der Waals surface area contributed by atoms with E-state index in [0.29, 0.717) is 11.3 Å². The summed E-state index contributed by atoms with van der Waals surface area (Å²) in [7, 11) is 0. The van der Waals surface area contributed by atoms with E-state index in [0.717, 1.165) is 5.56 Å². The topological polar surface area (TPSA) is 118 Å². The zero-order valence-electron chi connectivity index (χ0n) is 13.0. The number of allylic oxidation sites excluding steroid dienone is 1. The van der Waals surface area contributed by atoms with Gasteiger partial charge in [-0.2, -0.15) is 0 Å². The molecule has 4 N–H and O–H groups in total. The highest BCUT2D eigenvalue weighted by Crippen LogP contribution is 2.34. The minimum Gasteiger partial charge on any atom is -0.478 e. The van der Waals surface area contributed by atoms with Crippen molar-refractivity contribution in [2.45, 2.75) is 5.92 Å². The lowest BCUT2D eigenvalue weighted by Crippen LogP contribution is -2.30. The van der Waals surface area contributed by atoms with E-state index in [4.69, 9.17) is 5.73 Å². The summed E-state index contributed by atoms with van der Waals surface area (Å²) in [6.45, 7) is 0. The average molecular weight is 337 g/mol. The molecule has 3 rings (SSSR count). The molecule has 2 aromatic rings. The minimum atomic E-state index is -1.18. The fourth-order valence-electron chi connectivity index (χ4n) is 2.80. The van der Waals surface area contributed by atoms with Gasteiger partial charge in [-0.3, -0.25) is 10.1 Å². The molecule has 1 unspecified atom stereocenters. The van der Waals surface area contributed by atoms with Crippen molar-refractivity contribution in [1.82, 2.24) is 5.32 Å². The van der Waals surface area contributed by atoms with Gasteiger partial charge in [-0.05, 0) is 17.2 Å². The lowest BCUT2D eigenvalue weighted by Gasteiger charge is -2.25. The van der Waals surface area contributed by atoms with Crippen LogP contribution in [0.1, 0.15) is 17.0 Å². The van der Waals surface area contributed by atoms with E-state index in [2.05, 4.69) is 5.32 Å². The number of nitro benzene ring substituents is 1. The Kier molecular flexibility index (Phi) is 4.21. The maximum atomic E-state index is 11.7. The first-order chi connectivity index (χ1) is 12.0. The quantitative estimate of drug-likeness (QED) is 0.583. The maximum Gasteiger partial charge on any atom is 0.336 e. The molecule has 0 fully saturated rings. The highest BCUT2D eigenvalue weighted by Gasteiger charge is 2.29. The van der Waals surface area contributed by atoms with E-state index in [-0.39, 0.29) is 17.1 Å². The summed E-state index contributed by atoms with van der Waals surface area (Å²) in [6.07, 6.45) is 1.72. The predicted molar refractivity (Wildman–Crippen MR) is 92.2 cm³/mol. The van der Waals surface area contributed by atoms with Crippen LogP contribution in [0.4, 0.5) is 5.69 Å². The number of hydrogen-bond donors (Lipinski definition) is 3. The number of aliphatic carboxylic acids is 1. The Labute approximate surface area is 143 Å². The van der Waals surface area contributed by atoms with Crippen LogP contribution >= 0.6 is 0 Å². The first-order valence-electron chi connectivity index (χ1n) is 7.49. The highest BCUT2D eigenvalue weighted by atomic mass is 16.6. The molecule has 1 heterocycles. The number of carboxylic acids is 1. The van der Waals surface area contributed by atoms with Gasteiger partial charge < -0.3 is 16.2 Å². The second-order valence-electron chi connectivity index (χ2n) is 5.53. The van der Waals surface area contributed by atoms with Crippen molar-refractivity contribution in [2.75, 3.05) is 0 Å². The molecule has 1 atom stereocenters. The number of nitro groups is 1. The number of nitrogens with zero attached hydrogens (tertiary/aromatic N) is 1. The van der Waals surface area contributed by atoms with Crippen molar-refractivity contribution in [3.63, 3.8) is 0 Å². The van der Waals surface area contributed by atoms with E-state index < -0.39 is 16.8 Å². The van der Waals surface area contributed by atoms with E-state index in [1.54, 1.807) is 12.1 Å². The number of benzene rings is 2. The van der Waals surface area contributed by atoms with Crippen LogP contribution in [0.2, 0.25) is 0 Å². The van der Waals surface area contributed by atoms with E-state index >= 15 is 0 Å². The summed E-state index contributed by atoms with van der Waals surface area (Å²) in [5.41, 5.74) is 7.78. The van der Waals surface area contributed by atoms with Crippen LogP contribution in [0.3, 0.4) is 0 Å². The van der Waals surface area contributed by atoms with Crippen molar-refractivity contribution in [3.8, 4) is 0 Å². The van der Waals surface area contributed by atoms with Crippen molar-refractivity contribution < 1.29 is 14.8 Å². The van der Waals surface area contributed by atoms with Crippen LogP contribution in [0, 0.1) is 10.1 Å². The molecule has 0 saturated heterocycles. The zero-order valence-corrected chi connectivity index (χ0v) is 13.0. The number of non-ortho nitro benzene ring substituents is 1. The van der Waals surface area contributed by atoms with Gasteiger partial charge in [-0.15, -0.1) is 0 Å². The number of dihydropyridines is 1. The molecule has 0 bridgehead atoms. The predicted octanol–water partition coefficient (Wildman–Crippen LogP) is 2.58. The second kappa shape index (κ2) is 6.48. The molecule has 0 spiro atoms. The highest BCUT2D eigenvalue weighted by molar-refractivity contribution is 5.92. The van der Waals surface area contributed by atoms with Gasteiger partial charge in [0.1, 0.15) is 5.82 Å². The van der Waals surface area contributed by atoms with Gasteiger partial charge in [-0.25, -0.2) is 4.79 Å². The lowest BCUT2D eigenvalue weighted by atomic mass is 9.86. The molecule has 0 amide bonds. The molecule has 2 aromatic carbocycles. The van der Waals surface area contributed by atoms with E-state index in [1.807, 2.05) is 30.3 Å². The van der Waals surface area contributed by atoms with Crippen LogP contribution in [-0.2, 0) is 4.79 Å². The van der Waals surface area contributed by atoms with E-state index in [9.17, 15) is 20.0 Å². The molecular formula is C18H15N3O4. The molecule has 1 aliphatic heterocycles. The average Bonchev–Trinajstić information content (AvgIpc) is 2.61. The Morgan fingerprint density at radius 2 is 1.88 bits per heavy atom. The van der Waals surface area contributed by atoms with Gasteiger partial charge in [0.05, 0.1) is 10.5 Å². The van der Waals surface area contributed by atoms with Crippen molar-refractivity contribution >= 4 is 17.4 Å². The zero-order chi connectivity index (χ0) is 18.0. The van der Waals surface area contributed by atoms with Gasteiger partial charge in [0.2, 0.25) is 0 Å². The van der Waals surface area contributed by atoms with Crippen LogP contribution in [0.25, 0.3) is 5.70 Å². The molecule has 0 aromatic heterocycles. The van der Waals surface area contributed by atoms with Crippen LogP contribution in [0.15, 0.2) is 72.1 Å². The first kappa shape index (κ1) is 16.3. The second-order valence-corrected chi connectivity index (χ2v) is 5.53. The number of nitrogens with two attached hydrogens (primary N) is 1. The fourth-order valence-corrected chi connectivity index (χ4v) is 2.80. The Hall–Kier alpha value is -3.61. The molecule has 7 heteroatoms. The Bertz CT molecular complexity index is 904. The monoisotopic (exact) mass is 337 g/mol. The maximum absolute atomic E-state index is 11.7.